The van der Waals surface area contributed by atoms with Crippen molar-refractivity contribution in [1.82, 2.24) is 0 Å². The van der Waals surface area contributed by atoms with Gasteiger partial charge in [0.1, 0.15) is 0 Å². The van der Waals surface area contributed by atoms with Crippen LogP contribution in [0, 0.1) is 5.92 Å². The molecule has 0 amide bonds. The molecule has 2 aliphatic heterocycles. The van der Waals surface area contributed by atoms with Gasteiger partial charge in [-0.1, -0.05) is 0 Å². The SMILES string of the molecule is O=C(O)C1=C2SCCC2CC=N1. The van der Waals surface area contributed by atoms with Gasteiger partial charge in [-0.2, -0.15) is 0 Å². The third kappa shape index (κ3) is 1.16. The number of carbonyl (C=O) groups is 1. The number of aliphatic imine (C=N–C) groups is 1. The first-order valence-corrected chi connectivity index (χ1v) is 4.90. The van der Waals surface area contributed by atoms with E-state index >= 15 is 0 Å². The van der Waals surface area contributed by atoms with Gasteiger partial charge in [-0.05, 0) is 24.5 Å². The summed E-state index contributed by atoms with van der Waals surface area (Å²) in [5, 5.41) is 8.80. The summed E-state index contributed by atoms with van der Waals surface area (Å²) >= 11 is 1.65. The Labute approximate surface area is 74.6 Å². The van der Waals surface area contributed by atoms with Crippen LogP contribution in [-0.2, 0) is 4.79 Å². The summed E-state index contributed by atoms with van der Waals surface area (Å²) in [6, 6.07) is 0. The fraction of sp³-hybridized carbons (Fsp3) is 0.500. The Balaban J connectivity index is 2.38. The second kappa shape index (κ2) is 2.94. The van der Waals surface area contributed by atoms with Gasteiger partial charge in [-0.3, -0.25) is 4.99 Å². The Kier molecular flexibility index (Phi) is 1.92. The molecule has 0 saturated carbocycles. The Morgan fingerprint density at radius 1 is 1.75 bits per heavy atom. The number of rotatable bonds is 1. The van der Waals surface area contributed by atoms with E-state index in [1.165, 1.54) is 0 Å². The first-order chi connectivity index (χ1) is 5.79. The Bertz CT molecular complexity index is 283. The van der Waals surface area contributed by atoms with Crippen molar-refractivity contribution < 1.29 is 9.90 Å². The Morgan fingerprint density at radius 2 is 2.58 bits per heavy atom. The van der Waals surface area contributed by atoms with Gasteiger partial charge >= 0.3 is 5.97 Å². The normalized spacial score (nSPS) is 27.5. The maximum atomic E-state index is 10.7. The van der Waals surface area contributed by atoms with Crippen LogP contribution in [0.25, 0.3) is 0 Å². The lowest BCUT2D eigenvalue weighted by Gasteiger charge is -2.13. The van der Waals surface area contributed by atoms with Gasteiger partial charge in [-0.15, -0.1) is 11.8 Å². The molecule has 1 atom stereocenters. The lowest BCUT2D eigenvalue weighted by molar-refractivity contribution is -0.132. The topological polar surface area (TPSA) is 49.7 Å². The second-order valence-electron chi connectivity index (χ2n) is 2.90. The molecule has 12 heavy (non-hydrogen) atoms. The highest BCUT2D eigenvalue weighted by Crippen LogP contribution is 2.41. The highest BCUT2D eigenvalue weighted by molar-refractivity contribution is 8.03. The Hall–Kier alpha value is -0.770. The van der Waals surface area contributed by atoms with Crippen molar-refractivity contribution >= 4 is 23.9 Å². The van der Waals surface area contributed by atoms with Crippen molar-refractivity contribution in [2.24, 2.45) is 10.9 Å². The molecular weight excluding hydrogens is 174 g/mol. The van der Waals surface area contributed by atoms with Crippen molar-refractivity contribution in [3.63, 3.8) is 0 Å². The summed E-state index contributed by atoms with van der Waals surface area (Å²) in [7, 11) is 0. The van der Waals surface area contributed by atoms with Gasteiger partial charge in [-0.25, -0.2) is 4.79 Å². The van der Waals surface area contributed by atoms with Gasteiger partial charge in [0, 0.05) is 11.1 Å². The molecule has 4 heteroatoms. The predicted molar refractivity (Wildman–Crippen MR) is 48.3 cm³/mol. The van der Waals surface area contributed by atoms with Crippen LogP contribution in [0.15, 0.2) is 15.6 Å². The first-order valence-electron chi connectivity index (χ1n) is 3.92. The number of carboxylic acid groups (broad SMARTS) is 1. The second-order valence-corrected chi connectivity index (χ2v) is 4.04. The third-order valence-electron chi connectivity index (χ3n) is 2.14. The summed E-state index contributed by atoms with van der Waals surface area (Å²) in [6.45, 7) is 0. The van der Waals surface area contributed by atoms with Crippen LogP contribution < -0.4 is 0 Å². The number of fused-ring (bicyclic) bond motifs is 1. The number of aliphatic carboxylic acids is 1. The van der Waals surface area contributed by atoms with Gasteiger partial charge in [0.05, 0.1) is 0 Å². The van der Waals surface area contributed by atoms with E-state index in [2.05, 4.69) is 4.99 Å². The van der Waals surface area contributed by atoms with Crippen LogP contribution in [0.4, 0.5) is 0 Å². The van der Waals surface area contributed by atoms with Gasteiger partial charge in [0.25, 0.3) is 0 Å². The molecular formula is C8H9NO2S. The summed E-state index contributed by atoms with van der Waals surface area (Å²) in [5.41, 5.74) is 0.272. The number of nitrogens with zero attached hydrogens (tertiary/aromatic N) is 1. The average Bonchev–Trinajstić information content (AvgIpc) is 2.49. The van der Waals surface area contributed by atoms with E-state index in [1.807, 2.05) is 0 Å². The molecule has 1 unspecified atom stereocenters. The molecule has 3 nitrogen and oxygen atoms in total. The van der Waals surface area contributed by atoms with E-state index in [-0.39, 0.29) is 5.70 Å². The largest absolute Gasteiger partial charge is 0.476 e. The minimum atomic E-state index is -0.889. The summed E-state index contributed by atoms with van der Waals surface area (Å²) in [4.78, 5) is 15.6. The quantitative estimate of drug-likeness (QED) is 0.670. The molecule has 0 aromatic carbocycles. The zero-order valence-electron chi connectivity index (χ0n) is 6.49. The molecule has 64 valence electrons. The van der Waals surface area contributed by atoms with E-state index in [9.17, 15) is 4.79 Å². The molecule has 0 aliphatic carbocycles. The number of carboxylic acids is 1. The zero-order chi connectivity index (χ0) is 8.55. The van der Waals surface area contributed by atoms with Crippen LogP contribution >= 0.6 is 11.8 Å². The lowest BCUT2D eigenvalue weighted by Crippen LogP contribution is -2.10. The molecule has 0 radical (unpaired) electrons. The smallest absolute Gasteiger partial charge is 0.355 e. The van der Waals surface area contributed by atoms with Gasteiger partial charge in [0.2, 0.25) is 0 Å². The third-order valence-corrected chi connectivity index (χ3v) is 3.42. The van der Waals surface area contributed by atoms with Crippen molar-refractivity contribution in [3.8, 4) is 0 Å². The Morgan fingerprint density at radius 3 is 3.33 bits per heavy atom. The van der Waals surface area contributed by atoms with Gasteiger partial charge in [0.15, 0.2) is 5.70 Å². The molecule has 2 aliphatic rings. The molecule has 1 saturated heterocycles. The number of thioether (sulfide) groups is 1. The highest BCUT2D eigenvalue weighted by atomic mass is 32.2. The van der Waals surface area contributed by atoms with E-state index in [4.69, 9.17) is 5.11 Å². The van der Waals surface area contributed by atoms with Crippen molar-refractivity contribution in [1.29, 1.82) is 0 Å². The summed E-state index contributed by atoms with van der Waals surface area (Å²) in [6.07, 6.45) is 3.74. The number of hydrogen-bond acceptors (Lipinski definition) is 3. The van der Waals surface area contributed by atoms with E-state index in [1.54, 1.807) is 18.0 Å². The maximum Gasteiger partial charge on any atom is 0.355 e. The fourth-order valence-electron chi connectivity index (χ4n) is 1.54. The van der Waals surface area contributed by atoms with Crippen molar-refractivity contribution in [2.45, 2.75) is 12.8 Å². The van der Waals surface area contributed by atoms with Gasteiger partial charge < -0.3 is 5.11 Å². The average molecular weight is 183 g/mol. The fourth-order valence-corrected chi connectivity index (χ4v) is 2.89. The standard InChI is InChI=1S/C8H9NO2S/c10-8(11)6-7-5(1-3-9-6)2-4-12-7/h3,5H,1-2,4H2,(H,10,11). The molecule has 2 heterocycles. The van der Waals surface area contributed by atoms with Crippen LogP contribution in [0.1, 0.15) is 12.8 Å². The van der Waals surface area contributed by atoms with E-state index in [0.29, 0.717) is 5.92 Å². The minimum absolute atomic E-state index is 0.272. The molecule has 1 fully saturated rings. The van der Waals surface area contributed by atoms with E-state index < -0.39 is 5.97 Å². The number of hydrogen-bond donors (Lipinski definition) is 1. The summed E-state index contributed by atoms with van der Waals surface area (Å²) in [5.74, 6) is 0.596. The van der Waals surface area contributed by atoms with Crippen LogP contribution in [0.2, 0.25) is 0 Å². The predicted octanol–water partition coefficient (Wildman–Crippen LogP) is 1.51. The summed E-state index contributed by atoms with van der Waals surface area (Å²) < 4.78 is 0. The van der Waals surface area contributed by atoms with E-state index in [0.717, 1.165) is 23.5 Å². The number of allylic oxidation sites excluding steroid dienone is 1. The molecule has 0 aromatic heterocycles. The molecule has 0 spiro atoms. The monoisotopic (exact) mass is 183 g/mol. The minimum Gasteiger partial charge on any atom is -0.476 e. The van der Waals surface area contributed by atoms with Crippen LogP contribution in [0.3, 0.4) is 0 Å². The molecule has 2 rings (SSSR count). The maximum absolute atomic E-state index is 10.7. The van der Waals surface area contributed by atoms with Crippen LogP contribution in [-0.4, -0.2) is 23.0 Å². The van der Waals surface area contributed by atoms with Crippen molar-refractivity contribution in [3.05, 3.63) is 10.6 Å². The van der Waals surface area contributed by atoms with Crippen LogP contribution in [0.5, 0.6) is 0 Å². The molecule has 0 bridgehead atoms. The first kappa shape index (κ1) is 7.86. The van der Waals surface area contributed by atoms with Crippen molar-refractivity contribution in [2.75, 3.05) is 5.75 Å². The lowest BCUT2D eigenvalue weighted by atomic mass is 10.00. The molecule has 0 aromatic rings. The molecule has 1 N–H and O–H groups in total. The zero-order valence-corrected chi connectivity index (χ0v) is 7.30. The highest BCUT2D eigenvalue weighted by Gasteiger charge is 2.29.